The van der Waals surface area contributed by atoms with Crippen LogP contribution in [-0.4, -0.2) is 24.1 Å². The third-order valence-corrected chi connectivity index (χ3v) is 1.85. The van der Waals surface area contributed by atoms with Crippen molar-refractivity contribution >= 4 is 12.1 Å². The summed E-state index contributed by atoms with van der Waals surface area (Å²) in [5, 5.41) is 8.46. The number of allylic oxidation sites excluding steroid dienone is 1. The first kappa shape index (κ1) is 8.76. The van der Waals surface area contributed by atoms with Crippen LogP contribution in [0.5, 0.6) is 0 Å². The van der Waals surface area contributed by atoms with Gasteiger partial charge in [0.2, 0.25) is 6.79 Å². The number of ether oxygens (including phenoxy) is 2. The molecule has 1 amide bonds. The molecule has 74 valence electrons. The molecule has 2 heterocycles. The first-order valence-corrected chi connectivity index (χ1v) is 3.98. The monoisotopic (exact) mass is 196 g/mol. The Labute approximate surface area is 79.5 Å². The number of hydrogen-bond acceptors (Lipinski definition) is 5. The van der Waals surface area contributed by atoms with E-state index >= 15 is 0 Å². The van der Waals surface area contributed by atoms with Gasteiger partial charge < -0.3 is 9.47 Å². The number of carbonyl (C=O) groups excluding carboxylic acids is 1. The summed E-state index contributed by atoms with van der Waals surface area (Å²) in [5.74, 6) is -0.325. The number of rotatable bonds is 1. The Hall–Kier alpha value is -1.82. The van der Waals surface area contributed by atoms with E-state index in [0.29, 0.717) is 12.2 Å². The first-order valence-electron chi connectivity index (χ1n) is 3.98. The molecule has 0 radical (unpaired) electrons. The largest absolute Gasteiger partial charge is 0.465 e. The van der Waals surface area contributed by atoms with Crippen LogP contribution in [-0.2, 0) is 14.3 Å². The van der Waals surface area contributed by atoms with Crippen molar-refractivity contribution < 1.29 is 19.5 Å². The average Bonchev–Trinajstić information content (AvgIpc) is 2.27. The van der Waals surface area contributed by atoms with Gasteiger partial charge in [0.25, 0.3) is 5.91 Å². The van der Waals surface area contributed by atoms with Gasteiger partial charge in [0.05, 0.1) is 6.26 Å². The molecule has 0 spiro atoms. The topological polar surface area (TPSA) is 80.2 Å². The maximum atomic E-state index is 11.1. The van der Waals surface area contributed by atoms with E-state index in [1.165, 1.54) is 11.7 Å². The smallest absolute Gasteiger partial charge is 0.297 e. The highest BCUT2D eigenvalue weighted by atomic mass is 16.7. The van der Waals surface area contributed by atoms with Gasteiger partial charge in [0.1, 0.15) is 0 Å². The Morgan fingerprint density at radius 1 is 1.64 bits per heavy atom. The SMILES string of the molecule is O=C(NO)C1=C2OCOC=C2CC=N1. The highest BCUT2D eigenvalue weighted by Crippen LogP contribution is 2.26. The zero-order valence-electron chi connectivity index (χ0n) is 7.19. The van der Waals surface area contributed by atoms with Crippen molar-refractivity contribution in [2.24, 2.45) is 4.99 Å². The fourth-order valence-corrected chi connectivity index (χ4v) is 1.24. The first-order chi connectivity index (χ1) is 6.83. The molecule has 2 rings (SSSR count). The Morgan fingerprint density at radius 2 is 2.50 bits per heavy atom. The van der Waals surface area contributed by atoms with E-state index in [1.807, 2.05) is 0 Å². The summed E-state index contributed by atoms with van der Waals surface area (Å²) in [7, 11) is 0. The van der Waals surface area contributed by atoms with E-state index in [2.05, 4.69) is 4.99 Å². The second kappa shape index (κ2) is 3.51. The standard InChI is InChI=1S/C8H8N2O4/c11-8(10-12)6-7-5(1-2-9-6)3-13-4-14-7/h2-3,12H,1,4H2,(H,10,11). The third-order valence-electron chi connectivity index (χ3n) is 1.85. The summed E-state index contributed by atoms with van der Waals surface area (Å²) >= 11 is 0. The maximum absolute atomic E-state index is 11.1. The number of fused-ring (bicyclic) bond motifs is 1. The summed E-state index contributed by atoms with van der Waals surface area (Å²) in [6.07, 6.45) is 3.63. The number of nitrogens with one attached hydrogen (secondary N) is 1. The molecular formula is C8H8N2O4. The molecule has 0 saturated carbocycles. The van der Waals surface area contributed by atoms with Gasteiger partial charge >= 0.3 is 0 Å². The zero-order valence-corrected chi connectivity index (χ0v) is 7.19. The number of aliphatic imine (C=N–C) groups is 1. The van der Waals surface area contributed by atoms with Crippen LogP contribution < -0.4 is 5.48 Å². The predicted molar refractivity (Wildman–Crippen MR) is 45.2 cm³/mol. The van der Waals surface area contributed by atoms with Crippen molar-refractivity contribution in [1.82, 2.24) is 5.48 Å². The number of hydroxylamine groups is 1. The minimum Gasteiger partial charge on any atom is -0.465 e. The van der Waals surface area contributed by atoms with Crippen LogP contribution in [0.15, 0.2) is 28.3 Å². The summed E-state index contributed by atoms with van der Waals surface area (Å²) < 4.78 is 10.0. The zero-order chi connectivity index (χ0) is 9.97. The van der Waals surface area contributed by atoms with E-state index < -0.39 is 5.91 Å². The van der Waals surface area contributed by atoms with Crippen LogP contribution in [0, 0.1) is 0 Å². The van der Waals surface area contributed by atoms with Gasteiger partial charge in [-0.1, -0.05) is 0 Å². The Kier molecular flexibility index (Phi) is 2.19. The minimum atomic E-state index is -0.691. The number of hydrogen-bond donors (Lipinski definition) is 2. The van der Waals surface area contributed by atoms with E-state index in [9.17, 15) is 4.79 Å². The second-order valence-corrected chi connectivity index (χ2v) is 2.71. The lowest BCUT2D eigenvalue weighted by molar-refractivity contribution is -0.125. The lowest BCUT2D eigenvalue weighted by Gasteiger charge is -2.21. The minimum absolute atomic E-state index is 0.0521. The molecule has 0 aromatic rings. The highest BCUT2D eigenvalue weighted by molar-refractivity contribution is 5.96. The number of amides is 1. The van der Waals surface area contributed by atoms with Gasteiger partial charge in [0, 0.05) is 18.2 Å². The van der Waals surface area contributed by atoms with Crippen molar-refractivity contribution in [2.75, 3.05) is 6.79 Å². The average molecular weight is 196 g/mol. The molecule has 0 saturated heterocycles. The van der Waals surface area contributed by atoms with Gasteiger partial charge in [0.15, 0.2) is 11.5 Å². The molecule has 6 nitrogen and oxygen atoms in total. The fraction of sp³-hybridized carbons (Fsp3) is 0.250. The van der Waals surface area contributed by atoms with Gasteiger partial charge in [-0.05, 0) is 0 Å². The molecule has 6 heteroatoms. The van der Waals surface area contributed by atoms with Crippen molar-refractivity contribution in [3.8, 4) is 0 Å². The maximum Gasteiger partial charge on any atom is 0.297 e. The van der Waals surface area contributed by atoms with Gasteiger partial charge in [-0.15, -0.1) is 0 Å². The van der Waals surface area contributed by atoms with Crippen molar-refractivity contribution in [1.29, 1.82) is 0 Å². The molecule has 2 aliphatic rings. The second-order valence-electron chi connectivity index (χ2n) is 2.71. The van der Waals surface area contributed by atoms with E-state index in [1.54, 1.807) is 6.21 Å². The van der Waals surface area contributed by atoms with E-state index in [0.717, 1.165) is 5.57 Å². The Morgan fingerprint density at radius 3 is 3.29 bits per heavy atom. The van der Waals surface area contributed by atoms with Crippen LogP contribution >= 0.6 is 0 Å². The molecule has 0 aliphatic carbocycles. The van der Waals surface area contributed by atoms with Crippen molar-refractivity contribution in [3.05, 3.63) is 23.3 Å². The number of nitrogens with zero attached hydrogens (tertiary/aromatic N) is 1. The lowest BCUT2D eigenvalue weighted by atomic mass is 10.1. The van der Waals surface area contributed by atoms with Crippen LogP contribution in [0.1, 0.15) is 6.42 Å². The van der Waals surface area contributed by atoms with E-state index in [4.69, 9.17) is 14.7 Å². The fourth-order valence-electron chi connectivity index (χ4n) is 1.24. The molecule has 2 aliphatic heterocycles. The molecule has 0 fully saturated rings. The molecule has 14 heavy (non-hydrogen) atoms. The van der Waals surface area contributed by atoms with Gasteiger partial charge in [-0.25, -0.2) is 5.48 Å². The molecular weight excluding hydrogens is 188 g/mol. The van der Waals surface area contributed by atoms with Gasteiger partial charge in [-0.3, -0.25) is 15.0 Å². The van der Waals surface area contributed by atoms with Crippen LogP contribution in [0.25, 0.3) is 0 Å². The quantitative estimate of drug-likeness (QED) is 0.459. The molecule has 0 bridgehead atoms. The van der Waals surface area contributed by atoms with Crippen LogP contribution in [0.2, 0.25) is 0 Å². The molecule has 0 aromatic carbocycles. The molecule has 0 aromatic heterocycles. The lowest BCUT2D eigenvalue weighted by Crippen LogP contribution is -2.24. The third kappa shape index (κ3) is 1.35. The summed E-state index contributed by atoms with van der Waals surface area (Å²) in [6.45, 7) is 0.0521. The summed E-state index contributed by atoms with van der Waals surface area (Å²) in [6, 6.07) is 0. The van der Waals surface area contributed by atoms with Crippen molar-refractivity contribution in [2.45, 2.75) is 6.42 Å². The Balaban J connectivity index is 2.40. The molecule has 0 unspecified atom stereocenters. The molecule has 2 N–H and O–H groups in total. The van der Waals surface area contributed by atoms with Crippen LogP contribution in [0.3, 0.4) is 0 Å². The number of carbonyl (C=O) groups is 1. The predicted octanol–water partition coefficient (Wildman–Crippen LogP) is 0.0661. The van der Waals surface area contributed by atoms with Crippen LogP contribution in [0.4, 0.5) is 0 Å². The molecule has 0 atom stereocenters. The van der Waals surface area contributed by atoms with E-state index in [-0.39, 0.29) is 12.5 Å². The van der Waals surface area contributed by atoms with Crippen molar-refractivity contribution in [3.63, 3.8) is 0 Å². The summed E-state index contributed by atoms with van der Waals surface area (Å²) in [5.41, 5.74) is 2.31. The summed E-state index contributed by atoms with van der Waals surface area (Å²) in [4.78, 5) is 15.0. The Bertz CT molecular complexity index is 356. The highest BCUT2D eigenvalue weighted by Gasteiger charge is 2.24. The van der Waals surface area contributed by atoms with Gasteiger partial charge in [-0.2, -0.15) is 0 Å². The normalized spacial score (nSPS) is 19.1.